The summed E-state index contributed by atoms with van der Waals surface area (Å²) in [5, 5.41) is 6.72. The molecule has 0 atom stereocenters. The number of hydrogen-bond donors (Lipinski definition) is 1. The van der Waals surface area contributed by atoms with Gasteiger partial charge in [-0.3, -0.25) is 0 Å². The second kappa shape index (κ2) is 2.31. The number of hydrogen-bond acceptors (Lipinski definition) is 0. The Hall–Kier alpha value is -2.02. The molecule has 1 heteroatoms. The summed E-state index contributed by atoms with van der Waals surface area (Å²) >= 11 is 0. The highest BCUT2D eigenvalue weighted by atomic mass is 14.6. The Labute approximate surface area is 86.3 Å². The number of nitrogens with one attached hydrogen (secondary N) is 1. The Morgan fingerprint density at radius 2 is 1.47 bits per heavy atom. The van der Waals surface area contributed by atoms with Crippen LogP contribution in [-0.4, -0.2) is 4.98 Å². The van der Waals surface area contributed by atoms with Crippen LogP contribution >= 0.6 is 0 Å². The van der Waals surface area contributed by atoms with Crippen LogP contribution in [0, 0.1) is 10.4 Å². The van der Waals surface area contributed by atoms with Crippen molar-refractivity contribution in [1.82, 2.24) is 4.98 Å². The van der Waals surface area contributed by atoms with Crippen LogP contribution in [0.2, 0.25) is 0 Å². The molecule has 2 aliphatic rings. The van der Waals surface area contributed by atoms with Gasteiger partial charge in [-0.25, -0.2) is 0 Å². The summed E-state index contributed by atoms with van der Waals surface area (Å²) in [6.07, 6.45) is 2.09. The van der Waals surface area contributed by atoms with Crippen molar-refractivity contribution < 1.29 is 0 Å². The second-order valence-corrected chi connectivity index (χ2v) is 4.01. The van der Waals surface area contributed by atoms with E-state index in [0.29, 0.717) is 0 Å². The smallest absolute Gasteiger partial charge is 0.0466 e. The van der Waals surface area contributed by atoms with Gasteiger partial charge in [0.25, 0.3) is 0 Å². The van der Waals surface area contributed by atoms with E-state index in [1.807, 2.05) is 0 Å². The first kappa shape index (κ1) is 7.30. The van der Waals surface area contributed by atoms with Gasteiger partial charge in [0, 0.05) is 22.2 Å². The number of benzene rings is 2. The molecule has 0 saturated heterocycles. The molecule has 0 aromatic heterocycles. The number of aromatic amines is 1. The van der Waals surface area contributed by atoms with Gasteiger partial charge in [-0.15, -0.1) is 0 Å². The third kappa shape index (κ3) is 0.785. The van der Waals surface area contributed by atoms with Gasteiger partial charge in [-0.2, -0.15) is 0 Å². The van der Waals surface area contributed by atoms with Gasteiger partial charge in [-0.05, 0) is 28.3 Å². The van der Waals surface area contributed by atoms with Crippen LogP contribution < -0.4 is 0 Å². The fourth-order valence-corrected chi connectivity index (χ4v) is 2.53. The minimum atomic E-state index is 1.22. The average molecular weight is 191 g/mol. The van der Waals surface area contributed by atoms with E-state index in [4.69, 9.17) is 0 Å². The Morgan fingerprint density at radius 1 is 0.733 bits per heavy atom. The Balaban J connectivity index is 2.63. The van der Waals surface area contributed by atoms with Gasteiger partial charge < -0.3 is 4.98 Å². The molecule has 0 amide bonds. The first-order chi connectivity index (χ1) is 7.43. The van der Waals surface area contributed by atoms with Crippen molar-refractivity contribution in [3.63, 3.8) is 0 Å². The summed E-state index contributed by atoms with van der Waals surface area (Å²) in [5.41, 5.74) is 1.22. The van der Waals surface area contributed by atoms with Gasteiger partial charge in [0.05, 0.1) is 0 Å². The third-order valence-corrected chi connectivity index (χ3v) is 3.17. The first-order valence-corrected chi connectivity index (χ1v) is 5.14. The quantitative estimate of drug-likeness (QED) is 0.438. The molecular formula is C14H9N. The van der Waals surface area contributed by atoms with Crippen molar-refractivity contribution >= 4 is 21.7 Å². The molecule has 4 rings (SSSR count). The first-order valence-electron chi connectivity index (χ1n) is 5.14. The van der Waals surface area contributed by atoms with E-state index < -0.39 is 0 Å². The summed E-state index contributed by atoms with van der Waals surface area (Å²) in [4.78, 5) is 3.35. The Morgan fingerprint density at radius 3 is 2.40 bits per heavy atom. The zero-order valence-electron chi connectivity index (χ0n) is 8.12. The monoisotopic (exact) mass is 191 g/mol. The van der Waals surface area contributed by atoms with Gasteiger partial charge >= 0.3 is 0 Å². The predicted octanol–water partition coefficient (Wildman–Crippen LogP) is 3.48. The highest BCUT2D eigenvalue weighted by Crippen LogP contribution is 2.25. The Bertz CT molecular complexity index is 742. The zero-order valence-corrected chi connectivity index (χ0v) is 8.12. The molecule has 0 fully saturated rings. The lowest BCUT2D eigenvalue weighted by Crippen LogP contribution is -1.81. The molecular weight excluding hydrogens is 182 g/mol. The third-order valence-electron chi connectivity index (χ3n) is 3.17. The predicted molar refractivity (Wildman–Crippen MR) is 62.3 cm³/mol. The van der Waals surface area contributed by atoms with Gasteiger partial charge in [-0.1, -0.05) is 30.3 Å². The van der Waals surface area contributed by atoms with E-state index in [2.05, 4.69) is 53.6 Å². The van der Waals surface area contributed by atoms with Crippen molar-refractivity contribution in [1.29, 1.82) is 0 Å². The largest absolute Gasteiger partial charge is 0.361 e. The molecule has 1 aliphatic carbocycles. The highest BCUT2D eigenvalue weighted by Gasteiger charge is 2.05. The summed E-state index contributed by atoms with van der Waals surface area (Å²) in [6.45, 7) is 0. The molecule has 1 nitrogen and oxygen atoms in total. The SMILES string of the molecule is c1cc2c[nH]c3cccc4cc(c1)c2=c43. The maximum Gasteiger partial charge on any atom is 0.0466 e. The van der Waals surface area contributed by atoms with Crippen molar-refractivity contribution in [3.8, 4) is 0 Å². The van der Waals surface area contributed by atoms with Crippen LogP contribution in [0.1, 0.15) is 0 Å². The maximum absolute atomic E-state index is 3.35. The van der Waals surface area contributed by atoms with Gasteiger partial charge in [0.2, 0.25) is 0 Å². The highest BCUT2D eigenvalue weighted by molar-refractivity contribution is 5.84. The fraction of sp³-hybridized carbons (Fsp3) is 0. The molecule has 70 valence electrons. The Kier molecular flexibility index (Phi) is 1.13. The van der Waals surface area contributed by atoms with Crippen LogP contribution in [0.3, 0.4) is 0 Å². The molecule has 1 N–H and O–H groups in total. The summed E-state index contributed by atoms with van der Waals surface area (Å²) in [7, 11) is 0. The average Bonchev–Trinajstić information content (AvgIpc) is 2.66. The van der Waals surface area contributed by atoms with Crippen molar-refractivity contribution in [2.75, 3.05) is 0 Å². The molecule has 1 heterocycles. The van der Waals surface area contributed by atoms with Crippen LogP contribution in [-0.2, 0) is 0 Å². The van der Waals surface area contributed by atoms with E-state index in [0.717, 1.165) is 0 Å². The molecule has 2 aromatic carbocycles. The fourth-order valence-electron chi connectivity index (χ4n) is 2.53. The van der Waals surface area contributed by atoms with Crippen molar-refractivity contribution in [2.24, 2.45) is 0 Å². The normalized spacial score (nSPS) is 12.0. The molecule has 0 bridgehead atoms. The van der Waals surface area contributed by atoms with Crippen LogP contribution in [0.4, 0.5) is 0 Å². The van der Waals surface area contributed by atoms with Crippen LogP contribution in [0.5, 0.6) is 0 Å². The van der Waals surface area contributed by atoms with E-state index in [1.165, 1.54) is 32.1 Å². The zero-order chi connectivity index (χ0) is 9.83. The summed E-state index contributed by atoms with van der Waals surface area (Å²) in [5.74, 6) is 0. The lowest BCUT2D eigenvalue weighted by Gasteiger charge is -1.99. The number of H-pyrrole nitrogens is 1. The van der Waals surface area contributed by atoms with Gasteiger partial charge in [0.15, 0.2) is 0 Å². The van der Waals surface area contributed by atoms with Crippen LogP contribution in [0.15, 0.2) is 48.7 Å². The standard InChI is InChI=1S/C14H9N/c1-3-9-7-10-4-2-6-12-14(10)13(9)11(5-1)8-15-12/h1-8,15H. The van der Waals surface area contributed by atoms with Crippen LogP contribution in [0.25, 0.3) is 21.7 Å². The number of aromatic nitrogens is 1. The summed E-state index contributed by atoms with van der Waals surface area (Å²) in [6, 6.07) is 15.1. The van der Waals surface area contributed by atoms with E-state index in [-0.39, 0.29) is 0 Å². The van der Waals surface area contributed by atoms with E-state index in [9.17, 15) is 0 Å². The lowest BCUT2D eigenvalue weighted by atomic mass is 10.1. The minimum absolute atomic E-state index is 1.22. The topological polar surface area (TPSA) is 15.8 Å². The molecule has 0 radical (unpaired) electrons. The van der Waals surface area contributed by atoms with E-state index >= 15 is 0 Å². The molecule has 1 aliphatic heterocycles. The molecule has 0 saturated carbocycles. The second-order valence-electron chi connectivity index (χ2n) is 4.01. The maximum atomic E-state index is 3.35. The molecule has 0 unspecified atom stereocenters. The van der Waals surface area contributed by atoms with E-state index in [1.54, 1.807) is 0 Å². The van der Waals surface area contributed by atoms with Crippen molar-refractivity contribution in [2.45, 2.75) is 0 Å². The molecule has 0 spiro atoms. The molecule has 15 heavy (non-hydrogen) atoms. The summed E-state index contributed by atoms with van der Waals surface area (Å²) < 4.78 is 0. The minimum Gasteiger partial charge on any atom is -0.361 e. The lowest BCUT2D eigenvalue weighted by molar-refractivity contribution is 1.39. The number of rotatable bonds is 0. The molecule has 2 aromatic rings. The van der Waals surface area contributed by atoms with Crippen molar-refractivity contribution in [3.05, 3.63) is 59.1 Å². The van der Waals surface area contributed by atoms with Gasteiger partial charge in [0.1, 0.15) is 0 Å².